The highest BCUT2D eigenvalue weighted by Gasteiger charge is 2.28. The molecule has 0 spiro atoms. The molecule has 1 aliphatic heterocycles. The van der Waals surface area contributed by atoms with Gasteiger partial charge in [0.1, 0.15) is 0 Å². The number of pyridine rings is 1. The first kappa shape index (κ1) is 11.2. The number of nitrogens with zero attached hydrogens (tertiary/aromatic N) is 2. The van der Waals surface area contributed by atoms with Crippen molar-refractivity contribution in [2.75, 3.05) is 23.7 Å². The van der Waals surface area contributed by atoms with Gasteiger partial charge in [-0.15, -0.1) is 0 Å². The molecule has 16 heavy (non-hydrogen) atoms. The highest BCUT2D eigenvalue weighted by molar-refractivity contribution is 5.66. The van der Waals surface area contributed by atoms with Crippen LogP contribution in [0, 0.1) is 5.41 Å². The second kappa shape index (κ2) is 4.32. The van der Waals surface area contributed by atoms with Gasteiger partial charge in [0.2, 0.25) is 0 Å². The van der Waals surface area contributed by atoms with Crippen LogP contribution >= 0.6 is 0 Å². The molecule has 0 radical (unpaired) electrons. The first-order valence-corrected chi connectivity index (χ1v) is 6.09. The minimum Gasteiger partial charge on any atom is -0.396 e. The van der Waals surface area contributed by atoms with E-state index in [4.69, 9.17) is 5.73 Å². The first-order valence-electron chi connectivity index (χ1n) is 6.09. The number of aromatic nitrogens is 1. The summed E-state index contributed by atoms with van der Waals surface area (Å²) in [4.78, 5) is 6.42. The summed E-state index contributed by atoms with van der Waals surface area (Å²) >= 11 is 0. The van der Waals surface area contributed by atoms with Crippen molar-refractivity contribution >= 4 is 11.4 Å². The largest absolute Gasteiger partial charge is 0.396 e. The summed E-state index contributed by atoms with van der Waals surface area (Å²) in [6.07, 6.45) is 7.34. The normalized spacial score (nSPS) is 19.8. The Morgan fingerprint density at radius 1 is 1.44 bits per heavy atom. The monoisotopic (exact) mass is 219 g/mol. The second-order valence-corrected chi connectivity index (χ2v) is 5.09. The van der Waals surface area contributed by atoms with Crippen molar-refractivity contribution in [3.05, 3.63) is 18.5 Å². The number of rotatable bonds is 2. The molecule has 0 aliphatic carbocycles. The van der Waals surface area contributed by atoms with Crippen molar-refractivity contribution < 1.29 is 0 Å². The number of anilines is 2. The molecule has 3 nitrogen and oxygen atoms in total. The zero-order valence-electron chi connectivity index (χ0n) is 10.2. The van der Waals surface area contributed by atoms with Crippen molar-refractivity contribution in [1.82, 2.24) is 4.98 Å². The van der Waals surface area contributed by atoms with Crippen LogP contribution < -0.4 is 10.6 Å². The summed E-state index contributed by atoms with van der Waals surface area (Å²) in [6, 6.07) is 2.02. The van der Waals surface area contributed by atoms with Crippen molar-refractivity contribution in [3.8, 4) is 0 Å². The molecule has 0 saturated carbocycles. The van der Waals surface area contributed by atoms with Gasteiger partial charge in [0.25, 0.3) is 0 Å². The zero-order chi connectivity index (χ0) is 11.6. The van der Waals surface area contributed by atoms with E-state index in [-0.39, 0.29) is 0 Å². The molecule has 88 valence electrons. The van der Waals surface area contributed by atoms with Crippen molar-refractivity contribution in [2.24, 2.45) is 5.41 Å². The van der Waals surface area contributed by atoms with Gasteiger partial charge in [-0.05, 0) is 24.3 Å². The average Bonchev–Trinajstić information content (AvgIpc) is 2.31. The summed E-state index contributed by atoms with van der Waals surface area (Å²) in [7, 11) is 0. The maximum Gasteiger partial charge on any atom is 0.0738 e. The van der Waals surface area contributed by atoms with Gasteiger partial charge in [-0.25, -0.2) is 0 Å². The second-order valence-electron chi connectivity index (χ2n) is 5.09. The number of piperidine rings is 1. The Labute approximate surface area is 97.7 Å². The number of hydrogen-bond donors (Lipinski definition) is 1. The van der Waals surface area contributed by atoms with Gasteiger partial charge < -0.3 is 10.6 Å². The Morgan fingerprint density at radius 3 is 2.69 bits per heavy atom. The van der Waals surface area contributed by atoms with Crippen LogP contribution in [0.25, 0.3) is 0 Å². The minimum absolute atomic E-state index is 0.526. The third-order valence-corrected chi connectivity index (χ3v) is 3.99. The van der Waals surface area contributed by atoms with E-state index >= 15 is 0 Å². The van der Waals surface area contributed by atoms with Gasteiger partial charge in [0, 0.05) is 19.3 Å². The first-order chi connectivity index (χ1) is 7.64. The molecule has 1 saturated heterocycles. The van der Waals surface area contributed by atoms with E-state index in [9.17, 15) is 0 Å². The smallest absolute Gasteiger partial charge is 0.0738 e. The molecular weight excluding hydrogens is 198 g/mol. The van der Waals surface area contributed by atoms with Gasteiger partial charge >= 0.3 is 0 Å². The lowest BCUT2D eigenvalue weighted by Gasteiger charge is -2.40. The van der Waals surface area contributed by atoms with Gasteiger partial charge in [-0.2, -0.15) is 0 Å². The van der Waals surface area contributed by atoms with Gasteiger partial charge in [-0.1, -0.05) is 20.3 Å². The maximum absolute atomic E-state index is 5.95. The van der Waals surface area contributed by atoms with Crippen LogP contribution in [0.15, 0.2) is 18.5 Å². The third kappa shape index (κ3) is 2.13. The zero-order valence-corrected chi connectivity index (χ0v) is 10.2. The average molecular weight is 219 g/mol. The predicted octanol–water partition coefficient (Wildman–Crippen LogP) is 2.68. The van der Waals surface area contributed by atoms with Crippen LogP contribution in [-0.4, -0.2) is 18.1 Å². The number of nitrogens with two attached hydrogens (primary N) is 1. The van der Waals surface area contributed by atoms with Crippen LogP contribution in [0.3, 0.4) is 0 Å². The van der Waals surface area contributed by atoms with Gasteiger partial charge in [0.05, 0.1) is 17.6 Å². The fraction of sp³-hybridized carbons (Fsp3) is 0.615. The summed E-state index contributed by atoms with van der Waals surface area (Å²) < 4.78 is 0. The van der Waals surface area contributed by atoms with E-state index in [2.05, 4.69) is 23.7 Å². The lowest BCUT2D eigenvalue weighted by atomic mass is 9.78. The van der Waals surface area contributed by atoms with Gasteiger partial charge in [-0.3, -0.25) is 4.98 Å². The Kier molecular flexibility index (Phi) is 3.03. The molecule has 2 heterocycles. The number of hydrogen-bond acceptors (Lipinski definition) is 3. The molecule has 0 unspecified atom stereocenters. The predicted molar refractivity (Wildman–Crippen MR) is 68.5 cm³/mol. The maximum atomic E-state index is 5.95. The molecule has 2 N–H and O–H groups in total. The third-order valence-electron chi connectivity index (χ3n) is 3.99. The highest BCUT2D eigenvalue weighted by Crippen LogP contribution is 2.36. The van der Waals surface area contributed by atoms with Crippen LogP contribution in [-0.2, 0) is 0 Å². The minimum atomic E-state index is 0.526. The Bertz CT molecular complexity index is 354. The summed E-state index contributed by atoms with van der Waals surface area (Å²) in [5.74, 6) is 0. The Balaban J connectivity index is 2.07. The standard InChI is InChI=1S/C13H21N3/c1-3-13(2)5-8-16(9-6-13)12-4-7-15-10-11(12)14/h4,7,10H,3,5-6,8-9,14H2,1-2H3. The van der Waals surface area contributed by atoms with Crippen molar-refractivity contribution in [3.63, 3.8) is 0 Å². The van der Waals surface area contributed by atoms with Crippen LogP contribution in [0.2, 0.25) is 0 Å². The molecule has 0 atom stereocenters. The summed E-state index contributed by atoms with van der Waals surface area (Å²) in [5, 5.41) is 0. The number of nitrogen functional groups attached to an aromatic ring is 1. The molecule has 0 bridgehead atoms. The van der Waals surface area contributed by atoms with Gasteiger partial charge in [0.15, 0.2) is 0 Å². The highest BCUT2D eigenvalue weighted by atomic mass is 15.1. The van der Waals surface area contributed by atoms with E-state index in [1.807, 2.05) is 12.3 Å². The molecule has 0 amide bonds. The Morgan fingerprint density at radius 2 is 2.12 bits per heavy atom. The lowest BCUT2D eigenvalue weighted by Crippen LogP contribution is -2.38. The van der Waals surface area contributed by atoms with Crippen LogP contribution in [0.5, 0.6) is 0 Å². The fourth-order valence-corrected chi connectivity index (χ4v) is 2.33. The molecule has 1 aliphatic rings. The van der Waals surface area contributed by atoms with Crippen LogP contribution in [0.1, 0.15) is 33.1 Å². The van der Waals surface area contributed by atoms with E-state index in [0.29, 0.717) is 5.41 Å². The molecule has 3 heteroatoms. The quantitative estimate of drug-likeness (QED) is 0.831. The van der Waals surface area contributed by atoms with E-state index in [1.54, 1.807) is 6.20 Å². The summed E-state index contributed by atoms with van der Waals surface area (Å²) in [6.45, 7) is 6.90. The molecule has 1 aromatic rings. The molecular formula is C13H21N3. The van der Waals surface area contributed by atoms with E-state index in [1.165, 1.54) is 19.3 Å². The topological polar surface area (TPSA) is 42.2 Å². The lowest BCUT2D eigenvalue weighted by molar-refractivity contribution is 0.238. The molecule has 2 rings (SSSR count). The van der Waals surface area contributed by atoms with E-state index in [0.717, 1.165) is 24.5 Å². The fourth-order valence-electron chi connectivity index (χ4n) is 2.33. The van der Waals surface area contributed by atoms with E-state index < -0.39 is 0 Å². The molecule has 1 fully saturated rings. The van der Waals surface area contributed by atoms with Crippen molar-refractivity contribution in [2.45, 2.75) is 33.1 Å². The summed E-state index contributed by atoms with van der Waals surface area (Å²) in [5.41, 5.74) is 8.41. The molecule has 0 aromatic carbocycles. The van der Waals surface area contributed by atoms with Crippen molar-refractivity contribution in [1.29, 1.82) is 0 Å². The van der Waals surface area contributed by atoms with Crippen LogP contribution in [0.4, 0.5) is 11.4 Å². The SMILES string of the molecule is CCC1(C)CCN(c2ccncc2N)CC1. The molecule has 1 aromatic heterocycles. The Hall–Kier alpha value is -1.25.